The minimum Gasteiger partial charge on any atom is -0.496 e. The smallest absolute Gasteiger partial charge is 0.125 e. The van der Waals surface area contributed by atoms with E-state index in [1.54, 1.807) is 7.11 Å². The lowest BCUT2D eigenvalue weighted by molar-refractivity contribution is 0.407. The van der Waals surface area contributed by atoms with Gasteiger partial charge in [0.05, 0.1) is 7.11 Å². The van der Waals surface area contributed by atoms with Gasteiger partial charge in [0.15, 0.2) is 0 Å². The summed E-state index contributed by atoms with van der Waals surface area (Å²) in [6, 6.07) is 4.91. The van der Waals surface area contributed by atoms with Gasteiger partial charge < -0.3 is 10.1 Å². The largest absolute Gasteiger partial charge is 0.496 e. The number of aryl methyl sites for hydroxylation is 1. The molecule has 0 radical (unpaired) electrons. The fourth-order valence-corrected chi connectivity index (χ4v) is 2.48. The second-order valence-corrected chi connectivity index (χ2v) is 4.28. The number of hydrogen-bond donors (Lipinski definition) is 1. The van der Waals surface area contributed by atoms with Gasteiger partial charge in [0.25, 0.3) is 0 Å². The Kier molecular flexibility index (Phi) is 2.96. The van der Waals surface area contributed by atoms with Gasteiger partial charge in [0, 0.05) is 6.04 Å². The average molecular weight is 205 g/mol. The van der Waals surface area contributed by atoms with Crippen molar-refractivity contribution in [1.82, 2.24) is 5.32 Å². The minimum atomic E-state index is 0.527. The first-order valence-electron chi connectivity index (χ1n) is 5.61. The highest BCUT2D eigenvalue weighted by Crippen LogP contribution is 2.32. The molecule has 1 atom stereocenters. The lowest BCUT2D eigenvalue weighted by atomic mass is 9.97. The molecule has 0 bridgehead atoms. The highest BCUT2D eigenvalue weighted by atomic mass is 16.5. The second-order valence-electron chi connectivity index (χ2n) is 4.28. The van der Waals surface area contributed by atoms with Crippen molar-refractivity contribution in [1.29, 1.82) is 0 Å². The maximum absolute atomic E-state index is 5.45. The van der Waals surface area contributed by atoms with Crippen LogP contribution in [0.1, 0.15) is 35.6 Å². The molecule has 2 nitrogen and oxygen atoms in total. The number of benzene rings is 1. The summed E-state index contributed by atoms with van der Waals surface area (Å²) in [5.41, 5.74) is 3.91. The van der Waals surface area contributed by atoms with E-state index in [0.29, 0.717) is 6.04 Å². The molecule has 15 heavy (non-hydrogen) atoms. The van der Waals surface area contributed by atoms with Gasteiger partial charge in [-0.1, -0.05) is 12.1 Å². The van der Waals surface area contributed by atoms with Crippen LogP contribution in [0.3, 0.4) is 0 Å². The minimum absolute atomic E-state index is 0.527. The van der Waals surface area contributed by atoms with Gasteiger partial charge in [-0.3, -0.25) is 0 Å². The van der Waals surface area contributed by atoms with Gasteiger partial charge in [-0.15, -0.1) is 0 Å². The van der Waals surface area contributed by atoms with E-state index in [1.165, 1.54) is 29.5 Å². The van der Waals surface area contributed by atoms with Crippen molar-refractivity contribution < 1.29 is 4.74 Å². The summed E-state index contributed by atoms with van der Waals surface area (Å²) < 4.78 is 5.45. The van der Waals surface area contributed by atoms with Gasteiger partial charge in [-0.25, -0.2) is 0 Å². The number of ether oxygens (including phenoxy) is 1. The van der Waals surface area contributed by atoms with E-state index in [1.807, 2.05) is 0 Å². The Morgan fingerprint density at radius 1 is 1.33 bits per heavy atom. The number of nitrogens with one attached hydrogen (secondary N) is 1. The summed E-state index contributed by atoms with van der Waals surface area (Å²) in [6.07, 6.45) is 2.52. The Balaban J connectivity index is 2.39. The molecule has 1 unspecified atom stereocenters. The van der Waals surface area contributed by atoms with Crippen LogP contribution < -0.4 is 10.1 Å². The normalized spacial score (nSPS) is 20.6. The van der Waals surface area contributed by atoms with Gasteiger partial charge in [0.1, 0.15) is 5.75 Å². The zero-order chi connectivity index (χ0) is 10.8. The van der Waals surface area contributed by atoms with E-state index in [4.69, 9.17) is 4.74 Å². The predicted octanol–water partition coefficient (Wildman–Crippen LogP) is 2.74. The SMILES string of the molecule is COc1c(C)ccc(C2CCCN2)c1C. The summed E-state index contributed by atoms with van der Waals surface area (Å²) in [7, 11) is 1.75. The van der Waals surface area contributed by atoms with E-state index < -0.39 is 0 Å². The van der Waals surface area contributed by atoms with E-state index >= 15 is 0 Å². The molecule has 2 rings (SSSR count). The summed E-state index contributed by atoms with van der Waals surface area (Å²) in [4.78, 5) is 0. The highest BCUT2D eigenvalue weighted by Gasteiger charge is 2.19. The molecule has 0 aliphatic carbocycles. The van der Waals surface area contributed by atoms with Crippen molar-refractivity contribution in [2.45, 2.75) is 32.7 Å². The van der Waals surface area contributed by atoms with Crippen molar-refractivity contribution in [3.8, 4) is 5.75 Å². The van der Waals surface area contributed by atoms with Crippen LogP contribution in [0.5, 0.6) is 5.75 Å². The third-order valence-electron chi connectivity index (χ3n) is 3.28. The fraction of sp³-hybridized carbons (Fsp3) is 0.538. The van der Waals surface area contributed by atoms with Crippen molar-refractivity contribution >= 4 is 0 Å². The summed E-state index contributed by atoms with van der Waals surface area (Å²) >= 11 is 0. The Bertz CT molecular complexity index is 354. The Hall–Kier alpha value is -1.02. The quantitative estimate of drug-likeness (QED) is 0.801. The molecule has 0 spiro atoms. The van der Waals surface area contributed by atoms with Crippen molar-refractivity contribution in [3.63, 3.8) is 0 Å². The molecule has 1 aliphatic rings. The lowest BCUT2D eigenvalue weighted by Crippen LogP contribution is -2.14. The van der Waals surface area contributed by atoms with Gasteiger partial charge in [-0.05, 0) is 49.9 Å². The van der Waals surface area contributed by atoms with Crippen molar-refractivity contribution in [3.05, 3.63) is 28.8 Å². The number of hydrogen-bond acceptors (Lipinski definition) is 2. The molecule has 1 heterocycles. The molecular weight excluding hydrogens is 186 g/mol. The highest BCUT2D eigenvalue weighted by molar-refractivity contribution is 5.46. The van der Waals surface area contributed by atoms with Crippen LogP contribution in [-0.4, -0.2) is 13.7 Å². The maximum atomic E-state index is 5.45. The first-order chi connectivity index (χ1) is 7.24. The zero-order valence-corrected chi connectivity index (χ0v) is 9.76. The van der Waals surface area contributed by atoms with Crippen LogP contribution in [0.2, 0.25) is 0 Å². The first kappa shape index (κ1) is 10.5. The zero-order valence-electron chi connectivity index (χ0n) is 9.76. The maximum Gasteiger partial charge on any atom is 0.125 e. The average Bonchev–Trinajstić information content (AvgIpc) is 2.71. The molecule has 1 aromatic rings. The summed E-state index contributed by atoms with van der Waals surface area (Å²) in [5, 5.41) is 3.53. The summed E-state index contributed by atoms with van der Waals surface area (Å²) in [5.74, 6) is 1.04. The van der Waals surface area contributed by atoms with Crippen molar-refractivity contribution in [2.75, 3.05) is 13.7 Å². The predicted molar refractivity (Wildman–Crippen MR) is 62.4 cm³/mol. The van der Waals surface area contributed by atoms with Crippen LogP contribution in [0.4, 0.5) is 0 Å². The van der Waals surface area contributed by atoms with Gasteiger partial charge >= 0.3 is 0 Å². The Labute approximate surface area is 91.6 Å². The first-order valence-corrected chi connectivity index (χ1v) is 5.61. The third-order valence-corrected chi connectivity index (χ3v) is 3.28. The Morgan fingerprint density at radius 2 is 2.13 bits per heavy atom. The lowest BCUT2D eigenvalue weighted by Gasteiger charge is -2.17. The van der Waals surface area contributed by atoms with Crippen LogP contribution in [-0.2, 0) is 0 Å². The molecule has 1 aliphatic heterocycles. The summed E-state index contributed by atoms with van der Waals surface area (Å²) in [6.45, 7) is 5.39. The molecule has 0 aromatic heterocycles. The van der Waals surface area contributed by atoms with Gasteiger partial charge in [0.2, 0.25) is 0 Å². The van der Waals surface area contributed by atoms with Crippen LogP contribution in [0.15, 0.2) is 12.1 Å². The molecule has 1 aromatic carbocycles. The molecular formula is C13H19NO. The van der Waals surface area contributed by atoms with Crippen LogP contribution >= 0.6 is 0 Å². The van der Waals surface area contributed by atoms with Crippen LogP contribution in [0.25, 0.3) is 0 Å². The number of methoxy groups -OCH3 is 1. The van der Waals surface area contributed by atoms with E-state index in [0.717, 1.165) is 12.3 Å². The monoisotopic (exact) mass is 205 g/mol. The van der Waals surface area contributed by atoms with E-state index in [-0.39, 0.29) is 0 Å². The fourth-order valence-electron chi connectivity index (χ4n) is 2.48. The van der Waals surface area contributed by atoms with E-state index in [9.17, 15) is 0 Å². The van der Waals surface area contributed by atoms with Gasteiger partial charge in [-0.2, -0.15) is 0 Å². The second kappa shape index (κ2) is 4.23. The molecule has 1 saturated heterocycles. The molecule has 1 N–H and O–H groups in total. The molecule has 0 amide bonds. The number of rotatable bonds is 2. The Morgan fingerprint density at radius 3 is 2.73 bits per heavy atom. The van der Waals surface area contributed by atoms with Crippen molar-refractivity contribution in [2.24, 2.45) is 0 Å². The molecule has 1 fully saturated rings. The third kappa shape index (κ3) is 1.86. The molecule has 2 heteroatoms. The van der Waals surface area contributed by atoms with E-state index in [2.05, 4.69) is 31.3 Å². The van der Waals surface area contributed by atoms with Crippen LogP contribution in [0, 0.1) is 13.8 Å². The molecule has 82 valence electrons. The molecule has 0 saturated carbocycles. The topological polar surface area (TPSA) is 21.3 Å². The standard InChI is InChI=1S/C13H19NO/c1-9-6-7-11(10(2)13(9)15-3)12-5-4-8-14-12/h6-7,12,14H,4-5,8H2,1-3H3.